The van der Waals surface area contributed by atoms with Crippen LogP contribution in [0.25, 0.3) is 22.2 Å². The molecule has 0 amide bonds. The average Bonchev–Trinajstić information content (AvgIpc) is 3.23. The highest BCUT2D eigenvalue weighted by atomic mass is 32.2. The Morgan fingerprint density at radius 1 is 1.11 bits per heavy atom. The van der Waals surface area contributed by atoms with Gasteiger partial charge in [0, 0.05) is 41.7 Å². The molecule has 0 aliphatic heterocycles. The second-order valence-electron chi connectivity index (χ2n) is 7.68. The maximum absolute atomic E-state index is 15.0. The molecule has 2 N–H and O–H groups in total. The molecular formula is C24H21F2N3O5S. The summed E-state index contributed by atoms with van der Waals surface area (Å²) < 4.78 is 65.2. The number of aromatic nitrogens is 2. The fourth-order valence-electron chi connectivity index (χ4n) is 3.55. The molecule has 2 heterocycles. The van der Waals surface area contributed by atoms with Gasteiger partial charge in [0.05, 0.1) is 18.4 Å². The van der Waals surface area contributed by atoms with E-state index in [1.807, 2.05) is 0 Å². The Morgan fingerprint density at radius 3 is 2.66 bits per heavy atom. The molecule has 0 unspecified atom stereocenters. The second-order valence-corrected chi connectivity index (χ2v) is 9.43. The largest absolute Gasteiger partial charge is 0.488 e. The Balaban J connectivity index is 1.73. The van der Waals surface area contributed by atoms with Gasteiger partial charge in [-0.15, -0.1) is 0 Å². The summed E-state index contributed by atoms with van der Waals surface area (Å²) in [5.74, 6) is -3.27. The van der Waals surface area contributed by atoms with Gasteiger partial charge in [-0.3, -0.25) is 9.52 Å². The number of hydrogen-bond acceptors (Lipinski definition) is 6. The Labute approximate surface area is 200 Å². The number of carbonyl (C=O) groups is 1. The Morgan fingerprint density at radius 2 is 1.91 bits per heavy atom. The third-order valence-electron chi connectivity index (χ3n) is 5.10. The van der Waals surface area contributed by atoms with Crippen LogP contribution in [0.1, 0.15) is 15.9 Å². The van der Waals surface area contributed by atoms with E-state index in [1.54, 1.807) is 30.3 Å². The number of sulfonamides is 1. The van der Waals surface area contributed by atoms with Crippen LogP contribution in [0.15, 0.2) is 54.9 Å². The predicted octanol–water partition coefficient (Wildman–Crippen LogP) is 4.14. The molecule has 4 aromatic rings. The monoisotopic (exact) mass is 501 g/mol. The number of halogens is 2. The number of rotatable bonds is 9. The lowest BCUT2D eigenvalue weighted by atomic mass is 10.00. The maximum atomic E-state index is 15.0. The van der Waals surface area contributed by atoms with Crippen LogP contribution >= 0.6 is 0 Å². The lowest BCUT2D eigenvalue weighted by molar-refractivity contribution is 0.103. The molecular weight excluding hydrogens is 480 g/mol. The van der Waals surface area contributed by atoms with E-state index in [0.29, 0.717) is 27.8 Å². The molecule has 8 nitrogen and oxygen atoms in total. The maximum Gasteiger partial charge on any atom is 0.229 e. The van der Waals surface area contributed by atoms with E-state index in [1.165, 1.54) is 19.5 Å². The van der Waals surface area contributed by atoms with Crippen molar-refractivity contribution in [2.45, 2.75) is 0 Å². The quantitative estimate of drug-likeness (QED) is 0.264. The number of fused-ring (bicyclic) bond motifs is 1. The van der Waals surface area contributed by atoms with Gasteiger partial charge in [0.25, 0.3) is 0 Å². The first kappa shape index (κ1) is 24.3. The normalized spacial score (nSPS) is 11.5. The van der Waals surface area contributed by atoms with Crippen LogP contribution in [-0.4, -0.2) is 50.7 Å². The molecule has 0 atom stereocenters. The second kappa shape index (κ2) is 9.80. The van der Waals surface area contributed by atoms with Gasteiger partial charge in [0.1, 0.15) is 18.1 Å². The number of carbonyl (C=O) groups excluding carboxylic acids is 1. The minimum absolute atomic E-state index is 0.0200. The summed E-state index contributed by atoms with van der Waals surface area (Å²) in [6.07, 6.45) is 3.92. The van der Waals surface area contributed by atoms with Gasteiger partial charge < -0.3 is 14.5 Å². The lowest BCUT2D eigenvalue weighted by Gasteiger charge is -2.10. The summed E-state index contributed by atoms with van der Waals surface area (Å²) in [4.78, 5) is 20.4. The average molecular weight is 502 g/mol. The van der Waals surface area contributed by atoms with Gasteiger partial charge in [0.15, 0.2) is 11.6 Å². The SMILES string of the molecule is COCCOc1ccc(F)c(C(=O)c2c[nH]c3ncc(-c4cccc(NS(C)(=O)=O)c4)cc23)c1F. The molecule has 0 saturated heterocycles. The van der Waals surface area contributed by atoms with E-state index in [2.05, 4.69) is 14.7 Å². The number of H-pyrrole nitrogens is 1. The minimum Gasteiger partial charge on any atom is -0.488 e. The van der Waals surface area contributed by atoms with Gasteiger partial charge in [-0.05, 0) is 35.9 Å². The highest BCUT2D eigenvalue weighted by Crippen LogP contribution is 2.30. The summed E-state index contributed by atoms with van der Waals surface area (Å²) in [5, 5.41) is 0.346. The van der Waals surface area contributed by atoms with E-state index < -0.39 is 33.0 Å². The number of nitrogens with one attached hydrogen (secondary N) is 2. The van der Waals surface area contributed by atoms with Gasteiger partial charge in [-0.25, -0.2) is 22.2 Å². The number of ether oxygens (including phenoxy) is 2. The summed E-state index contributed by atoms with van der Waals surface area (Å²) in [6.45, 7) is 0.220. The smallest absolute Gasteiger partial charge is 0.229 e. The number of benzene rings is 2. The zero-order valence-electron chi connectivity index (χ0n) is 18.8. The van der Waals surface area contributed by atoms with Crippen molar-refractivity contribution in [2.75, 3.05) is 31.3 Å². The number of hydrogen-bond donors (Lipinski definition) is 2. The highest BCUT2D eigenvalue weighted by Gasteiger charge is 2.25. The highest BCUT2D eigenvalue weighted by molar-refractivity contribution is 7.92. The molecule has 0 saturated carbocycles. The zero-order chi connectivity index (χ0) is 25.2. The molecule has 0 spiro atoms. The van der Waals surface area contributed by atoms with E-state index in [-0.39, 0.29) is 24.5 Å². The Kier molecular flexibility index (Phi) is 6.81. The number of aromatic amines is 1. The van der Waals surface area contributed by atoms with Crippen LogP contribution in [0.3, 0.4) is 0 Å². The van der Waals surface area contributed by atoms with Crippen LogP contribution in [0.2, 0.25) is 0 Å². The summed E-state index contributed by atoms with van der Waals surface area (Å²) >= 11 is 0. The summed E-state index contributed by atoms with van der Waals surface area (Å²) in [6, 6.07) is 10.3. The van der Waals surface area contributed by atoms with Crippen molar-refractivity contribution in [1.82, 2.24) is 9.97 Å². The molecule has 2 aromatic heterocycles. The molecule has 0 fully saturated rings. The molecule has 11 heteroatoms. The van der Waals surface area contributed by atoms with Crippen molar-refractivity contribution in [2.24, 2.45) is 0 Å². The van der Waals surface area contributed by atoms with Crippen molar-refractivity contribution in [3.05, 3.63) is 77.6 Å². The first-order valence-electron chi connectivity index (χ1n) is 10.4. The van der Waals surface area contributed by atoms with Crippen LogP contribution in [0.5, 0.6) is 5.75 Å². The molecule has 0 bridgehead atoms. The molecule has 182 valence electrons. The topological polar surface area (TPSA) is 110 Å². The molecule has 0 radical (unpaired) electrons. The predicted molar refractivity (Wildman–Crippen MR) is 127 cm³/mol. The summed E-state index contributed by atoms with van der Waals surface area (Å²) in [7, 11) is -2.02. The molecule has 2 aromatic carbocycles. The Bertz CT molecular complexity index is 1520. The van der Waals surface area contributed by atoms with Gasteiger partial charge >= 0.3 is 0 Å². The zero-order valence-corrected chi connectivity index (χ0v) is 19.6. The number of nitrogens with zero attached hydrogens (tertiary/aromatic N) is 1. The van der Waals surface area contributed by atoms with E-state index >= 15 is 4.39 Å². The van der Waals surface area contributed by atoms with Crippen LogP contribution < -0.4 is 9.46 Å². The molecule has 0 aliphatic carbocycles. The molecule has 4 rings (SSSR count). The van der Waals surface area contributed by atoms with Crippen molar-refractivity contribution in [3.8, 4) is 16.9 Å². The van der Waals surface area contributed by atoms with Crippen LogP contribution in [0, 0.1) is 11.6 Å². The van der Waals surface area contributed by atoms with Gasteiger partial charge in [-0.1, -0.05) is 12.1 Å². The third-order valence-corrected chi connectivity index (χ3v) is 5.71. The third kappa shape index (κ3) is 5.31. The first-order chi connectivity index (χ1) is 16.7. The number of anilines is 1. The van der Waals surface area contributed by atoms with E-state index in [4.69, 9.17) is 9.47 Å². The fourth-order valence-corrected chi connectivity index (χ4v) is 4.10. The standard InChI is InChI=1S/C24H21F2N3O5S/c1-33-8-9-34-20-7-6-19(25)21(22(20)26)23(30)18-13-28-24-17(18)11-15(12-27-24)14-4-3-5-16(10-14)29-35(2,31)32/h3-7,10-13,29H,8-9H2,1-2H3,(H,27,28). The van der Waals surface area contributed by atoms with Gasteiger partial charge in [0.2, 0.25) is 15.8 Å². The number of pyridine rings is 1. The van der Waals surface area contributed by atoms with E-state index in [9.17, 15) is 17.6 Å². The lowest BCUT2D eigenvalue weighted by Crippen LogP contribution is -2.11. The molecule has 35 heavy (non-hydrogen) atoms. The first-order valence-corrected chi connectivity index (χ1v) is 12.3. The van der Waals surface area contributed by atoms with Crippen molar-refractivity contribution in [1.29, 1.82) is 0 Å². The minimum atomic E-state index is -3.47. The van der Waals surface area contributed by atoms with Gasteiger partial charge in [-0.2, -0.15) is 0 Å². The van der Waals surface area contributed by atoms with Crippen molar-refractivity contribution in [3.63, 3.8) is 0 Å². The van der Waals surface area contributed by atoms with Crippen LogP contribution in [-0.2, 0) is 14.8 Å². The van der Waals surface area contributed by atoms with E-state index in [0.717, 1.165) is 18.4 Å². The van der Waals surface area contributed by atoms with Crippen LogP contribution in [0.4, 0.5) is 14.5 Å². The fraction of sp³-hybridized carbons (Fsp3) is 0.167. The number of ketones is 1. The molecule has 0 aliphatic rings. The summed E-state index contributed by atoms with van der Waals surface area (Å²) in [5.41, 5.74) is 1.16. The number of methoxy groups -OCH3 is 1. The Hall–Kier alpha value is -3.83. The van der Waals surface area contributed by atoms with Crippen molar-refractivity contribution >= 4 is 32.5 Å². The van der Waals surface area contributed by atoms with Crippen molar-refractivity contribution < 1.29 is 31.5 Å².